The largest absolute Gasteiger partial charge is 0.707 e. The predicted octanol–water partition coefficient (Wildman–Crippen LogP) is 2.01. The first kappa shape index (κ1) is 11.7. The summed E-state index contributed by atoms with van der Waals surface area (Å²) in [4.78, 5) is 0. The van der Waals surface area contributed by atoms with Gasteiger partial charge in [0.25, 0.3) is 0 Å². The van der Waals surface area contributed by atoms with Gasteiger partial charge < -0.3 is 14.7 Å². The van der Waals surface area contributed by atoms with Crippen LogP contribution in [0.1, 0.15) is 5.56 Å². The lowest BCUT2D eigenvalue weighted by molar-refractivity contribution is 0.288. The van der Waals surface area contributed by atoms with Gasteiger partial charge in [-0.25, -0.2) is 0 Å². The molecule has 0 unspecified atom stereocenters. The minimum Gasteiger partial charge on any atom is -0.512 e. The van der Waals surface area contributed by atoms with Crippen LogP contribution in [0.2, 0.25) is 0 Å². The lowest BCUT2D eigenvalue weighted by Gasteiger charge is -2.12. The third-order valence-electron chi connectivity index (χ3n) is 2.55. The lowest BCUT2D eigenvalue weighted by atomic mass is 9.99. The van der Waals surface area contributed by atoms with Crippen molar-refractivity contribution < 1.29 is 14.7 Å². The molecule has 0 radical (unpaired) electrons. The van der Waals surface area contributed by atoms with E-state index < -0.39 is 7.32 Å². The molecule has 0 aliphatic carbocycles. The van der Waals surface area contributed by atoms with Crippen molar-refractivity contribution in [3.05, 3.63) is 54.1 Å². The van der Waals surface area contributed by atoms with Crippen molar-refractivity contribution in [2.24, 2.45) is 0 Å². The smallest absolute Gasteiger partial charge is 0.512 e. The molecule has 17 heavy (non-hydrogen) atoms. The highest BCUT2D eigenvalue weighted by molar-refractivity contribution is 6.34. The van der Waals surface area contributed by atoms with Crippen molar-refractivity contribution in [3.8, 4) is 16.9 Å². The third-order valence-corrected chi connectivity index (χ3v) is 2.55. The van der Waals surface area contributed by atoms with Crippen LogP contribution in [-0.4, -0.2) is 17.4 Å². The Kier molecular flexibility index (Phi) is 3.47. The van der Waals surface area contributed by atoms with Crippen molar-refractivity contribution in [2.75, 3.05) is 0 Å². The molecule has 0 saturated carbocycles. The van der Waals surface area contributed by atoms with E-state index in [9.17, 15) is 0 Å². The molecule has 0 saturated heterocycles. The van der Waals surface area contributed by atoms with E-state index in [2.05, 4.69) is 0 Å². The molecular formula is C13H13BO3. The Morgan fingerprint density at radius 1 is 0.882 bits per heavy atom. The van der Waals surface area contributed by atoms with E-state index in [4.69, 9.17) is 14.7 Å². The highest BCUT2D eigenvalue weighted by Gasteiger charge is 2.15. The zero-order valence-electron chi connectivity index (χ0n) is 9.50. The molecule has 0 amide bonds. The first-order valence-electron chi connectivity index (χ1n) is 5.36. The molecule has 2 aromatic carbocycles. The van der Waals surface area contributed by atoms with Crippen molar-refractivity contribution in [1.29, 1.82) is 0 Å². The maximum atomic E-state index is 8.88. The van der Waals surface area contributed by atoms with Crippen LogP contribution in [0, 0.1) is 6.92 Å². The molecule has 86 valence electrons. The molecule has 0 aliphatic heterocycles. The van der Waals surface area contributed by atoms with Gasteiger partial charge in [0, 0.05) is 5.56 Å². The first-order chi connectivity index (χ1) is 8.18. The standard InChI is InChI=1S/C13H13BO3/c1-10-6-2-3-7-11(10)12-8-4-5-9-13(12)17-14(15)16/h2-9,15-16H,1H3. The molecule has 0 heterocycles. The summed E-state index contributed by atoms with van der Waals surface area (Å²) in [6, 6.07) is 15.2. The van der Waals surface area contributed by atoms with E-state index in [1.165, 1.54) is 0 Å². The Morgan fingerprint density at radius 3 is 2.12 bits per heavy atom. The van der Waals surface area contributed by atoms with Gasteiger partial charge in [-0.2, -0.15) is 0 Å². The molecule has 2 aromatic rings. The van der Waals surface area contributed by atoms with E-state index in [1.54, 1.807) is 12.1 Å². The zero-order valence-corrected chi connectivity index (χ0v) is 9.50. The summed E-state index contributed by atoms with van der Waals surface area (Å²) in [6.45, 7) is 2.00. The molecule has 0 aromatic heterocycles. The van der Waals surface area contributed by atoms with E-state index in [-0.39, 0.29) is 0 Å². The van der Waals surface area contributed by atoms with E-state index >= 15 is 0 Å². The second-order valence-electron chi connectivity index (χ2n) is 3.76. The quantitative estimate of drug-likeness (QED) is 0.790. The van der Waals surface area contributed by atoms with Crippen LogP contribution in [0.3, 0.4) is 0 Å². The number of aryl methyl sites for hydroxylation is 1. The Morgan fingerprint density at radius 2 is 1.47 bits per heavy atom. The second-order valence-corrected chi connectivity index (χ2v) is 3.76. The Hall–Kier alpha value is -1.78. The Bertz CT molecular complexity index is 512. The Labute approximate surface area is 100 Å². The number of benzene rings is 2. The molecule has 0 spiro atoms. The van der Waals surface area contributed by atoms with Crippen LogP contribution >= 0.6 is 0 Å². The van der Waals surface area contributed by atoms with Gasteiger partial charge in [0.1, 0.15) is 5.75 Å². The van der Waals surface area contributed by atoms with Gasteiger partial charge in [0.2, 0.25) is 0 Å². The fourth-order valence-corrected chi connectivity index (χ4v) is 1.78. The summed E-state index contributed by atoms with van der Waals surface area (Å²) in [6.07, 6.45) is 0. The molecule has 0 bridgehead atoms. The van der Waals surface area contributed by atoms with Crippen LogP contribution in [0.15, 0.2) is 48.5 Å². The maximum absolute atomic E-state index is 8.88. The van der Waals surface area contributed by atoms with Gasteiger partial charge in [-0.15, -0.1) is 0 Å². The molecular weight excluding hydrogens is 215 g/mol. The summed E-state index contributed by atoms with van der Waals surface area (Å²) >= 11 is 0. The van der Waals surface area contributed by atoms with Crippen LogP contribution < -0.4 is 4.65 Å². The van der Waals surface area contributed by atoms with E-state index in [0.29, 0.717) is 5.75 Å². The zero-order chi connectivity index (χ0) is 12.3. The van der Waals surface area contributed by atoms with Crippen LogP contribution in [-0.2, 0) is 0 Å². The van der Waals surface area contributed by atoms with E-state index in [1.807, 2.05) is 43.3 Å². The molecule has 4 heteroatoms. The minimum absolute atomic E-state index is 0.455. The van der Waals surface area contributed by atoms with Crippen LogP contribution in [0.4, 0.5) is 0 Å². The van der Waals surface area contributed by atoms with Gasteiger partial charge >= 0.3 is 7.32 Å². The monoisotopic (exact) mass is 228 g/mol. The van der Waals surface area contributed by atoms with Crippen molar-refractivity contribution in [1.82, 2.24) is 0 Å². The highest BCUT2D eigenvalue weighted by atomic mass is 16.6. The Balaban J connectivity index is 2.48. The fraction of sp³-hybridized carbons (Fsp3) is 0.0769. The molecule has 0 aliphatic rings. The van der Waals surface area contributed by atoms with Gasteiger partial charge in [-0.1, -0.05) is 42.5 Å². The SMILES string of the molecule is Cc1ccccc1-c1ccccc1OB(O)O. The second kappa shape index (κ2) is 5.04. The average molecular weight is 228 g/mol. The van der Waals surface area contributed by atoms with Crippen molar-refractivity contribution in [2.45, 2.75) is 6.92 Å². The minimum atomic E-state index is -1.81. The molecule has 0 atom stereocenters. The molecule has 2 rings (SSSR count). The predicted molar refractivity (Wildman–Crippen MR) is 67.4 cm³/mol. The third kappa shape index (κ3) is 2.67. The van der Waals surface area contributed by atoms with Crippen molar-refractivity contribution in [3.63, 3.8) is 0 Å². The first-order valence-corrected chi connectivity index (χ1v) is 5.36. The van der Waals surface area contributed by atoms with E-state index in [0.717, 1.165) is 16.7 Å². The average Bonchev–Trinajstić information content (AvgIpc) is 2.30. The molecule has 3 nitrogen and oxygen atoms in total. The van der Waals surface area contributed by atoms with Crippen LogP contribution in [0.25, 0.3) is 11.1 Å². The maximum Gasteiger partial charge on any atom is 0.707 e. The molecule has 0 fully saturated rings. The number of hydrogen-bond donors (Lipinski definition) is 2. The summed E-state index contributed by atoms with van der Waals surface area (Å²) in [5, 5.41) is 17.8. The summed E-state index contributed by atoms with van der Waals surface area (Å²) in [5.41, 5.74) is 2.97. The lowest BCUT2D eigenvalue weighted by Crippen LogP contribution is -2.20. The van der Waals surface area contributed by atoms with Gasteiger partial charge in [-0.3, -0.25) is 0 Å². The van der Waals surface area contributed by atoms with Gasteiger partial charge in [0.05, 0.1) is 0 Å². The van der Waals surface area contributed by atoms with Crippen LogP contribution in [0.5, 0.6) is 5.75 Å². The topological polar surface area (TPSA) is 49.7 Å². The van der Waals surface area contributed by atoms with Gasteiger partial charge in [-0.05, 0) is 24.1 Å². The normalized spacial score (nSPS) is 10.1. The van der Waals surface area contributed by atoms with Crippen molar-refractivity contribution >= 4 is 7.32 Å². The van der Waals surface area contributed by atoms with Gasteiger partial charge in [0.15, 0.2) is 0 Å². The number of hydrogen-bond acceptors (Lipinski definition) is 3. The summed E-state index contributed by atoms with van der Waals surface area (Å²) in [5.74, 6) is 0.455. The fourth-order valence-electron chi connectivity index (χ4n) is 1.78. The molecule has 2 N–H and O–H groups in total. The number of rotatable bonds is 3. The summed E-state index contributed by atoms with van der Waals surface area (Å²) < 4.78 is 4.97. The summed E-state index contributed by atoms with van der Waals surface area (Å²) in [7, 11) is -1.81. The highest BCUT2D eigenvalue weighted by Crippen LogP contribution is 2.31. The number of para-hydroxylation sites is 1.